The normalized spacial score (nSPS) is 14.0. The third kappa shape index (κ3) is 3.95. The quantitative estimate of drug-likeness (QED) is 0.446. The maximum absolute atomic E-state index is 12.7. The Hall–Kier alpha value is -3.42. The van der Waals surface area contributed by atoms with E-state index >= 15 is 0 Å². The number of nitro groups is 1. The SMILES string of the molecule is COc1ccc([N+](=O)[O-])cc1C(=O)O[C@@H](C)C(=O)N1CCc2ccccc2C1. The van der Waals surface area contributed by atoms with E-state index in [1.807, 2.05) is 24.3 Å². The van der Waals surface area contributed by atoms with Crippen LogP contribution >= 0.6 is 0 Å². The molecular weight excluding hydrogens is 364 g/mol. The molecule has 2 aromatic carbocycles. The Balaban J connectivity index is 1.71. The zero-order chi connectivity index (χ0) is 20.3. The molecule has 0 unspecified atom stereocenters. The van der Waals surface area contributed by atoms with Crippen LogP contribution in [0.25, 0.3) is 0 Å². The predicted octanol–water partition coefficient (Wildman–Crippen LogP) is 2.73. The van der Waals surface area contributed by atoms with Crippen molar-refractivity contribution in [2.45, 2.75) is 26.0 Å². The Bertz CT molecular complexity index is 927. The van der Waals surface area contributed by atoms with Crippen molar-refractivity contribution in [2.24, 2.45) is 0 Å². The number of nitrogens with zero attached hydrogens (tertiary/aromatic N) is 2. The summed E-state index contributed by atoms with van der Waals surface area (Å²) in [5, 5.41) is 11.0. The van der Waals surface area contributed by atoms with Gasteiger partial charge in [-0.3, -0.25) is 14.9 Å². The van der Waals surface area contributed by atoms with Crippen LogP contribution in [0.2, 0.25) is 0 Å². The first-order valence-corrected chi connectivity index (χ1v) is 8.79. The van der Waals surface area contributed by atoms with Gasteiger partial charge in [0.1, 0.15) is 11.3 Å². The summed E-state index contributed by atoms with van der Waals surface area (Å²) < 4.78 is 10.4. The average molecular weight is 384 g/mol. The second-order valence-electron chi connectivity index (χ2n) is 6.47. The van der Waals surface area contributed by atoms with E-state index < -0.39 is 17.0 Å². The van der Waals surface area contributed by atoms with Gasteiger partial charge in [0.25, 0.3) is 11.6 Å². The third-order valence-electron chi connectivity index (χ3n) is 4.69. The smallest absolute Gasteiger partial charge is 0.342 e. The molecule has 2 aromatic rings. The first-order valence-electron chi connectivity index (χ1n) is 8.79. The van der Waals surface area contributed by atoms with Crippen LogP contribution in [0.1, 0.15) is 28.4 Å². The molecule has 1 aliphatic heterocycles. The number of hydrogen-bond donors (Lipinski definition) is 0. The van der Waals surface area contributed by atoms with E-state index in [1.165, 1.54) is 31.7 Å². The molecule has 0 radical (unpaired) electrons. The Morgan fingerprint density at radius 1 is 1.18 bits per heavy atom. The first-order chi connectivity index (χ1) is 13.4. The fraction of sp³-hybridized carbons (Fsp3) is 0.300. The molecule has 0 fully saturated rings. The molecule has 0 aromatic heterocycles. The molecule has 1 atom stereocenters. The molecule has 8 nitrogen and oxygen atoms in total. The topological polar surface area (TPSA) is 99.0 Å². The van der Waals surface area contributed by atoms with Gasteiger partial charge in [0.2, 0.25) is 0 Å². The molecular formula is C20H20N2O6. The number of hydrogen-bond acceptors (Lipinski definition) is 6. The van der Waals surface area contributed by atoms with Gasteiger partial charge in [0, 0.05) is 25.2 Å². The fourth-order valence-corrected chi connectivity index (χ4v) is 3.18. The minimum Gasteiger partial charge on any atom is -0.496 e. The molecule has 0 saturated heterocycles. The van der Waals surface area contributed by atoms with Crippen molar-refractivity contribution in [3.63, 3.8) is 0 Å². The Kier molecular flexibility index (Phi) is 5.58. The van der Waals surface area contributed by atoms with Crippen LogP contribution in [-0.4, -0.2) is 41.5 Å². The van der Waals surface area contributed by atoms with E-state index in [1.54, 1.807) is 4.90 Å². The summed E-state index contributed by atoms with van der Waals surface area (Å²) in [6.07, 6.45) is -0.289. The number of benzene rings is 2. The van der Waals surface area contributed by atoms with Crippen molar-refractivity contribution < 1.29 is 24.0 Å². The third-order valence-corrected chi connectivity index (χ3v) is 4.69. The molecule has 0 spiro atoms. The number of rotatable bonds is 5. The monoisotopic (exact) mass is 384 g/mol. The summed E-state index contributed by atoms with van der Waals surface area (Å²) in [6.45, 7) is 2.49. The lowest BCUT2D eigenvalue weighted by Gasteiger charge is -2.30. The predicted molar refractivity (Wildman–Crippen MR) is 100 cm³/mol. The molecule has 3 rings (SSSR count). The molecule has 8 heteroatoms. The summed E-state index contributed by atoms with van der Waals surface area (Å²) in [4.78, 5) is 37.2. The van der Waals surface area contributed by atoms with Gasteiger partial charge in [-0.2, -0.15) is 0 Å². The lowest BCUT2D eigenvalue weighted by atomic mass is 9.99. The van der Waals surface area contributed by atoms with Crippen LogP contribution < -0.4 is 4.74 Å². The fourth-order valence-electron chi connectivity index (χ4n) is 3.18. The van der Waals surface area contributed by atoms with Crippen molar-refractivity contribution in [2.75, 3.05) is 13.7 Å². The van der Waals surface area contributed by atoms with Crippen molar-refractivity contribution in [3.05, 3.63) is 69.3 Å². The minimum absolute atomic E-state index is 0.0969. The van der Waals surface area contributed by atoms with E-state index in [0.29, 0.717) is 13.1 Å². The second kappa shape index (κ2) is 8.08. The zero-order valence-corrected chi connectivity index (χ0v) is 15.6. The minimum atomic E-state index is -1.03. The summed E-state index contributed by atoms with van der Waals surface area (Å²) in [6, 6.07) is 11.5. The number of amides is 1. The number of carbonyl (C=O) groups is 2. The van der Waals surface area contributed by atoms with Crippen LogP contribution in [0.3, 0.4) is 0 Å². The molecule has 28 heavy (non-hydrogen) atoms. The lowest BCUT2D eigenvalue weighted by Crippen LogP contribution is -2.42. The molecule has 0 saturated carbocycles. The number of esters is 1. The molecule has 0 N–H and O–H groups in total. The van der Waals surface area contributed by atoms with E-state index in [9.17, 15) is 19.7 Å². The zero-order valence-electron chi connectivity index (χ0n) is 15.6. The first kappa shape index (κ1) is 19.3. The van der Waals surface area contributed by atoms with Crippen LogP contribution in [0, 0.1) is 10.1 Å². The van der Waals surface area contributed by atoms with Gasteiger partial charge < -0.3 is 14.4 Å². The number of nitro benzene ring substituents is 1. The number of fused-ring (bicyclic) bond motifs is 1. The summed E-state index contributed by atoms with van der Waals surface area (Å²) in [5.41, 5.74) is 1.92. The highest BCUT2D eigenvalue weighted by Gasteiger charge is 2.28. The van der Waals surface area contributed by atoms with Gasteiger partial charge in [-0.1, -0.05) is 24.3 Å². The Morgan fingerprint density at radius 2 is 1.89 bits per heavy atom. The van der Waals surface area contributed by atoms with E-state index in [2.05, 4.69) is 0 Å². The van der Waals surface area contributed by atoms with Crippen molar-refractivity contribution in [1.29, 1.82) is 0 Å². The standard InChI is InChI=1S/C20H20N2O6/c1-13(19(23)21-10-9-14-5-3-4-6-15(14)12-21)28-20(24)17-11-16(22(25)26)7-8-18(17)27-2/h3-8,11,13H,9-10,12H2,1-2H3/t13-/m0/s1. The van der Waals surface area contributed by atoms with Crippen LogP contribution in [0.5, 0.6) is 5.75 Å². The van der Waals surface area contributed by atoms with Gasteiger partial charge in [-0.25, -0.2) is 4.79 Å². The van der Waals surface area contributed by atoms with Crippen molar-refractivity contribution in [1.82, 2.24) is 4.90 Å². The lowest BCUT2D eigenvalue weighted by molar-refractivity contribution is -0.384. The van der Waals surface area contributed by atoms with Gasteiger partial charge in [-0.15, -0.1) is 0 Å². The number of non-ortho nitro benzene ring substituents is 1. The van der Waals surface area contributed by atoms with E-state index in [-0.39, 0.29) is 22.9 Å². The number of ether oxygens (including phenoxy) is 2. The van der Waals surface area contributed by atoms with Crippen LogP contribution in [0.15, 0.2) is 42.5 Å². The van der Waals surface area contributed by atoms with Crippen molar-refractivity contribution >= 4 is 17.6 Å². The average Bonchev–Trinajstić information content (AvgIpc) is 2.72. The molecule has 146 valence electrons. The largest absolute Gasteiger partial charge is 0.496 e. The van der Waals surface area contributed by atoms with Crippen LogP contribution in [-0.2, 0) is 22.5 Å². The Labute approximate surface area is 161 Å². The maximum atomic E-state index is 12.7. The van der Waals surface area contributed by atoms with E-state index in [4.69, 9.17) is 9.47 Å². The van der Waals surface area contributed by atoms with Gasteiger partial charge in [-0.05, 0) is 30.5 Å². The summed E-state index contributed by atoms with van der Waals surface area (Å²) in [7, 11) is 1.34. The summed E-state index contributed by atoms with van der Waals surface area (Å²) in [5.74, 6) is -1.02. The Morgan fingerprint density at radius 3 is 2.57 bits per heavy atom. The molecule has 1 aliphatic rings. The van der Waals surface area contributed by atoms with Gasteiger partial charge in [0.05, 0.1) is 12.0 Å². The number of carbonyl (C=O) groups excluding carboxylic acids is 2. The molecule has 1 amide bonds. The molecule has 0 aliphatic carbocycles. The second-order valence-corrected chi connectivity index (χ2v) is 6.47. The van der Waals surface area contributed by atoms with Gasteiger partial charge >= 0.3 is 5.97 Å². The molecule has 0 bridgehead atoms. The van der Waals surface area contributed by atoms with Crippen molar-refractivity contribution in [3.8, 4) is 5.75 Å². The highest BCUT2D eigenvalue weighted by Crippen LogP contribution is 2.25. The highest BCUT2D eigenvalue weighted by molar-refractivity contribution is 5.95. The summed E-state index contributed by atoms with van der Waals surface area (Å²) >= 11 is 0. The molecule has 1 heterocycles. The van der Waals surface area contributed by atoms with E-state index in [0.717, 1.165) is 18.1 Å². The van der Waals surface area contributed by atoms with Crippen LogP contribution in [0.4, 0.5) is 5.69 Å². The number of methoxy groups -OCH3 is 1. The highest BCUT2D eigenvalue weighted by atomic mass is 16.6. The maximum Gasteiger partial charge on any atom is 0.342 e. The van der Waals surface area contributed by atoms with Gasteiger partial charge in [0.15, 0.2) is 6.10 Å².